The molecule has 102 valence electrons. The summed E-state index contributed by atoms with van der Waals surface area (Å²) in [5.74, 6) is 6.82. The summed E-state index contributed by atoms with van der Waals surface area (Å²) in [5.41, 5.74) is 2.54. The van der Waals surface area contributed by atoms with Gasteiger partial charge in [-0.1, -0.05) is 25.7 Å². The number of fused-ring (bicyclic) bond motifs is 1. The molecule has 0 saturated heterocycles. The van der Waals surface area contributed by atoms with Crippen LogP contribution in [-0.2, 0) is 0 Å². The second-order valence-corrected chi connectivity index (χ2v) is 5.91. The van der Waals surface area contributed by atoms with Crippen LogP contribution < -0.4 is 16.6 Å². The molecule has 1 saturated carbocycles. The van der Waals surface area contributed by atoms with Crippen LogP contribution in [0.2, 0.25) is 0 Å². The van der Waals surface area contributed by atoms with E-state index in [9.17, 15) is 0 Å². The first-order valence-corrected chi connectivity index (χ1v) is 7.73. The summed E-state index contributed by atoms with van der Waals surface area (Å²) >= 11 is 1.61. The van der Waals surface area contributed by atoms with Crippen LogP contribution >= 0.6 is 11.3 Å². The molecule has 0 unspecified atom stereocenters. The molecule has 1 aliphatic carbocycles. The Balaban J connectivity index is 1.87. The summed E-state index contributed by atoms with van der Waals surface area (Å²) in [7, 11) is 0. The summed E-state index contributed by atoms with van der Waals surface area (Å²) in [5, 5.41) is 6.72. The fraction of sp³-hybridized carbons (Fsp3) is 0.538. The van der Waals surface area contributed by atoms with Gasteiger partial charge in [-0.2, -0.15) is 4.98 Å². The molecule has 2 aromatic rings. The zero-order chi connectivity index (χ0) is 13.1. The molecule has 0 atom stereocenters. The van der Waals surface area contributed by atoms with Gasteiger partial charge in [0.25, 0.3) is 0 Å². The van der Waals surface area contributed by atoms with E-state index in [0.717, 1.165) is 16.0 Å². The van der Waals surface area contributed by atoms with E-state index in [-0.39, 0.29) is 0 Å². The molecule has 0 radical (unpaired) electrons. The monoisotopic (exact) mass is 277 g/mol. The predicted molar refractivity (Wildman–Crippen MR) is 80.3 cm³/mol. The first-order valence-electron chi connectivity index (χ1n) is 6.85. The number of nitrogens with two attached hydrogens (primary N) is 1. The van der Waals surface area contributed by atoms with E-state index in [1.54, 1.807) is 11.3 Å². The average molecular weight is 277 g/mol. The maximum Gasteiger partial charge on any atom is 0.240 e. The van der Waals surface area contributed by atoms with Crippen LogP contribution in [0.1, 0.15) is 38.5 Å². The van der Waals surface area contributed by atoms with Crippen LogP contribution in [-0.4, -0.2) is 16.0 Å². The van der Waals surface area contributed by atoms with E-state index in [1.165, 1.54) is 38.5 Å². The van der Waals surface area contributed by atoms with Crippen molar-refractivity contribution in [1.82, 2.24) is 9.97 Å². The number of nitrogen functional groups attached to an aromatic ring is 1. The molecule has 0 bridgehead atoms. The molecule has 2 heterocycles. The Bertz CT molecular complexity index is 545. The fourth-order valence-corrected chi connectivity index (χ4v) is 3.41. The van der Waals surface area contributed by atoms with E-state index in [0.29, 0.717) is 12.0 Å². The van der Waals surface area contributed by atoms with Crippen LogP contribution in [0, 0.1) is 0 Å². The van der Waals surface area contributed by atoms with Gasteiger partial charge in [-0.25, -0.2) is 10.8 Å². The summed E-state index contributed by atoms with van der Waals surface area (Å²) in [4.78, 5) is 9.79. The number of aromatic nitrogens is 2. The van der Waals surface area contributed by atoms with Gasteiger partial charge in [0.15, 0.2) is 0 Å². The number of hydrogen-bond donors (Lipinski definition) is 3. The summed E-state index contributed by atoms with van der Waals surface area (Å²) in [6.07, 6.45) is 7.76. The predicted octanol–water partition coefficient (Wildman–Crippen LogP) is 3.11. The highest BCUT2D eigenvalue weighted by Gasteiger charge is 2.15. The smallest absolute Gasteiger partial charge is 0.240 e. The minimum absolute atomic E-state index is 0.478. The molecule has 1 aliphatic rings. The van der Waals surface area contributed by atoms with Gasteiger partial charge in [0.1, 0.15) is 10.6 Å². The Morgan fingerprint density at radius 2 is 1.95 bits per heavy atom. The lowest BCUT2D eigenvalue weighted by Crippen LogP contribution is -2.20. The van der Waals surface area contributed by atoms with Gasteiger partial charge in [-0.15, -0.1) is 11.3 Å². The molecule has 19 heavy (non-hydrogen) atoms. The van der Waals surface area contributed by atoms with Crippen molar-refractivity contribution in [3.63, 3.8) is 0 Å². The third-order valence-electron chi connectivity index (χ3n) is 3.65. The zero-order valence-corrected chi connectivity index (χ0v) is 11.7. The third-order valence-corrected chi connectivity index (χ3v) is 4.46. The lowest BCUT2D eigenvalue weighted by molar-refractivity contribution is 0.618. The molecular formula is C13H19N5S. The van der Waals surface area contributed by atoms with E-state index in [4.69, 9.17) is 5.84 Å². The van der Waals surface area contributed by atoms with E-state index >= 15 is 0 Å². The Morgan fingerprint density at radius 3 is 2.68 bits per heavy atom. The van der Waals surface area contributed by atoms with Crippen molar-refractivity contribution in [1.29, 1.82) is 0 Å². The molecule has 3 rings (SSSR count). The maximum absolute atomic E-state index is 5.44. The van der Waals surface area contributed by atoms with Gasteiger partial charge in [-0.05, 0) is 24.3 Å². The number of anilines is 2. The molecule has 4 N–H and O–H groups in total. The van der Waals surface area contributed by atoms with Crippen LogP contribution in [0.15, 0.2) is 11.4 Å². The molecule has 5 nitrogen and oxygen atoms in total. The third kappa shape index (κ3) is 2.79. The number of hydrazine groups is 1. The Kier molecular flexibility index (Phi) is 3.79. The van der Waals surface area contributed by atoms with Crippen molar-refractivity contribution in [3.8, 4) is 0 Å². The summed E-state index contributed by atoms with van der Waals surface area (Å²) in [6, 6.07) is 2.59. The van der Waals surface area contributed by atoms with E-state index < -0.39 is 0 Å². The number of nitrogens with zero attached hydrogens (tertiary/aromatic N) is 2. The Hall–Kier alpha value is -1.40. The van der Waals surface area contributed by atoms with Crippen molar-refractivity contribution in [2.75, 3.05) is 10.7 Å². The van der Waals surface area contributed by atoms with Gasteiger partial charge in [0.05, 0.1) is 5.39 Å². The van der Waals surface area contributed by atoms with Gasteiger partial charge >= 0.3 is 0 Å². The molecule has 6 heteroatoms. The number of rotatable bonds is 3. The molecule has 0 aliphatic heterocycles. The highest BCUT2D eigenvalue weighted by molar-refractivity contribution is 7.16. The summed E-state index contributed by atoms with van der Waals surface area (Å²) in [6.45, 7) is 0. The standard InChI is InChI=1S/C13H19N5S/c14-18-13-16-11(10-7-8-19-12(10)17-13)15-9-5-3-1-2-4-6-9/h7-9H,1-6,14H2,(H2,15,16,17,18). The van der Waals surface area contributed by atoms with Crippen LogP contribution in [0.5, 0.6) is 0 Å². The van der Waals surface area contributed by atoms with Crippen LogP contribution in [0.3, 0.4) is 0 Å². The van der Waals surface area contributed by atoms with E-state index in [1.807, 2.05) is 5.38 Å². The Labute approximate surface area is 116 Å². The van der Waals surface area contributed by atoms with Gasteiger partial charge in [0.2, 0.25) is 5.95 Å². The lowest BCUT2D eigenvalue weighted by Gasteiger charge is -2.17. The van der Waals surface area contributed by atoms with Crippen LogP contribution in [0.25, 0.3) is 10.2 Å². The second kappa shape index (κ2) is 5.71. The first-order chi connectivity index (χ1) is 9.36. The van der Waals surface area contributed by atoms with Crippen molar-refractivity contribution in [3.05, 3.63) is 11.4 Å². The van der Waals surface area contributed by atoms with Crippen molar-refractivity contribution in [2.24, 2.45) is 5.84 Å². The molecule has 0 aromatic carbocycles. The maximum atomic E-state index is 5.44. The minimum atomic E-state index is 0.478. The highest BCUT2D eigenvalue weighted by Crippen LogP contribution is 2.28. The van der Waals surface area contributed by atoms with Crippen molar-refractivity contribution in [2.45, 2.75) is 44.6 Å². The minimum Gasteiger partial charge on any atom is -0.367 e. The van der Waals surface area contributed by atoms with Gasteiger partial charge in [-0.3, -0.25) is 5.43 Å². The Morgan fingerprint density at radius 1 is 1.16 bits per heavy atom. The second-order valence-electron chi connectivity index (χ2n) is 5.01. The number of nitrogens with one attached hydrogen (secondary N) is 2. The highest BCUT2D eigenvalue weighted by atomic mass is 32.1. The molecule has 0 spiro atoms. The van der Waals surface area contributed by atoms with Crippen molar-refractivity contribution >= 4 is 33.3 Å². The molecular weight excluding hydrogens is 258 g/mol. The van der Waals surface area contributed by atoms with Crippen LogP contribution in [0.4, 0.5) is 11.8 Å². The van der Waals surface area contributed by atoms with Gasteiger partial charge < -0.3 is 5.32 Å². The number of hydrogen-bond acceptors (Lipinski definition) is 6. The molecule has 2 aromatic heterocycles. The quantitative estimate of drug-likeness (QED) is 0.456. The fourth-order valence-electron chi connectivity index (χ4n) is 2.65. The van der Waals surface area contributed by atoms with E-state index in [2.05, 4.69) is 26.8 Å². The summed E-state index contributed by atoms with van der Waals surface area (Å²) < 4.78 is 0. The largest absolute Gasteiger partial charge is 0.367 e. The molecule has 0 amide bonds. The lowest BCUT2D eigenvalue weighted by atomic mass is 10.1. The molecule has 1 fully saturated rings. The SMILES string of the molecule is NNc1nc(NC2CCCCCC2)c2ccsc2n1. The van der Waals surface area contributed by atoms with Gasteiger partial charge in [0, 0.05) is 6.04 Å². The normalized spacial score (nSPS) is 17.3. The van der Waals surface area contributed by atoms with Crippen molar-refractivity contribution < 1.29 is 0 Å². The first kappa shape index (κ1) is 12.6. The number of thiophene rings is 1. The zero-order valence-electron chi connectivity index (χ0n) is 10.9. The average Bonchev–Trinajstić information content (AvgIpc) is 2.76. The topological polar surface area (TPSA) is 75.9 Å².